The number of amides is 2. The van der Waals surface area contributed by atoms with Crippen molar-refractivity contribution in [2.75, 3.05) is 24.3 Å². The first-order valence-electron chi connectivity index (χ1n) is 9.87. The molecular weight excluding hydrogens is 390 g/mol. The van der Waals surface area contributed by atoms with Crippen molar-refractivity contribution in [3.63, 3.8) is 0 Å². The standard InChI is InChI=1S/C22H22ClN3O3/c1-29-16-7-5-14(6-8-16)24-20(27)18-12-15-3-2-10-26(15)22(18)17-11-13(23)4-9-19(17)25-21(22)28/h4-9,11,15,18H,2-3,10,12H2,1H3,(H,24,27)(H,25,28)/t15-,18-,22+/m0/s1. The molecule has 29 heavy (non-hydrogen) atoms. The summed E-state index contributed by atoms with van der Waals surface area (Å²) in [6.45, 7) is 0.802. The summed E-state index contributed by atoms with van der Waals surface area (Å²) >= 11 is 6.29. The highest BCUT2D eigenvalue weighted by molar-refractivity contribution is 6.31. The van der Waals surface area contributed by atoms with E-state index in [-0.39, 0.29) is 17.9 Å². The Morgan fingerprint density at radius 1 is 1.28 bits per heavy atom. The lowest BCUT2D eigenvalue weighted by molar-refractivity contribution is -0.135. The Bertz CT molecular complexity index is 993. The van der Waals surface area contributed by atoms with Crippen molar-refractivity contribution in [1.29, 1.82) is 0 Å². The van der Waals surface area contributed by atoms with Crippen LogP contribution in [0.4, 0.5) is 11.4 Å². The molecule has 3 aliphatic heterocycles. The highest BCUT2D eigenvalue weighted by atomic mass is 35.5. The van der Waals surface area contributed by atoms with Crippen LogP contribution in [0.1, 0.15) is 24.8 Å². The fraction of sp³-hybridized carbons (Fsp3) is 0.364. The van der Waals surface area contributed by atoms with Gasteiger partial charge in [0.05, 0.1) is 13.0 Å². The molecule has 6 nitrogen and oxygen atoms in total. The van der Waals surface area contributed by atoms with Crippen LogP contribution in [0.2, 0.25) is 5.02 Å². The van der Waals surface area contributed by atoms with E-state index in [9.17, 15) is 9.59 Å². The Hall–Kier alpha value is -2.57. The number of carbonyl (C=O) groups excluding carboxylic acids is 2. The quantitative estimate of drug-likeness (QED) is 0.809. The van der Waals surface area contributed by atoms with Crippen molar-refractivity contribution in [3.8, 4) is 5.75 Å². The number of ether oxygens (including phenoxy) is 1. The zero-order chi connectivity index (χ0) is 20.2. The summed E-state index contributed by atoms with van der Waals surface area (Å²) in [6, 6.07) is 12.9. The summed E-state index contributed by atoms with van der Waals surface area (Å²) in [5, 5.41) is 6.57. The number of fused-ring (bicyclic) bond motifs is 4. The molecule has 1 spiro atoms. The number of methoxy groups -OCH3 is 1. The summed E-state index contributed by atoms with van der Waals surface area (Å²) in [7, 11) is 1.60. The highest BCUT2D eigenvalue weighted by Crippen LogP contribution is 2.55. The molecule has 0 saturated carbocycles. The molecule has 0 radical (unpaired) electrons. The fourth-order valence-electron chi connectivity index (χ4n) is 5.30. The van der Waals surface area contributed by atoms with E-state index < -0.39 is 11.5 Å². The topological polar surface area (TPSA) is 70.7 Å². The van der Waals surface area contributed by atoms with Crippen molar-refractivity contribution in [1.82, 2.24) is 4.90 Å². The Morgan fingerprint density at radius 2 is 2.07 bits per heavy atom. The predicted molar refractivity (Wildman–Crippen MR) is 111 cm³/mol. The Morgan fingerprint density at radius 3 is 2.83 bits per heavy atom. The van der Waals surface area contributed by atoms with Gasteiger partial charge in [0.2, 0.25) is 11.8 Å². The van der Waals surface area contributed by atoms with Gasteiger partial charge in [-0.1, -0.05) is 11.6 Å². The van der Waals surface area contributed by atoms with E-state index in [4.69, 9.17) is 16.3 Å². The molecule has 2 aromatic rings. The van der Waals surface area contributed by atoms with Crippen LogP contribution in [-0.2, 0) is 15.1 Å². The molecule has 150 valence electrons. The molecule has 2 saturated heterocycles. The van der Waals surface area contributed by atoms with Gasteiger partial charge in [-0.25, -0.2) is 0 Å². The summed E-state index contributed by atoms with van der Waals surface area (Å²) < 4.78 is 5.18. The van der Waals surface area contributed by atoms with Gasteiger partial charge in [0.25, 0.3) is 0 Å². The van der Waals surface area contributed by atoms with E-state index in [1.807, 2.05) is 12.1 Å². The van der Waals surface area contributed by atoms with Crippen LogP contribution in [0, 0.1) is 5.92 Å². The zero-order valence-electron chi connectivity index (χ0n) is 16.1. The van der Waals surface area contributed by atoms with Crippen molar-refractivity contribution in [2.45, 2.75) is 30.8 Å². The highest BCUT2D eigenvalue weighted by Gasteiger charge is 2.65. The molecule has 0 aromatic heterocycles. The third kappa shape index (κ3) is 2.66. The fourth-order valence-corrected chi connectivity index (χ4v) is 5.47. The van der Waals surface area contributed by atoms with Crippen LogP contribution in [0.15, 0.2) is 42.5 Å². The lowest BCUT2D eigenvalue weighted by Gasteiger charge is -2.36. The van der Waals surface area contributed by atoms with E-state index in [2.05, 4.69) is 15.5 Å². The third-order valence-electron chi connectivity index (χ3n) is 6.50. The zero-order valence-corrected chi connectivity index (χ0v) is 16.8. The monoisotopic (exact) mass is 411 g/mol. The van der Waals surface area contributed by atoms with E-state index in [1.165, 1.54) is 0 Å². The lowest BCUT2D eigenvalue weighted by atomic mass is 9.78. The van der Waals surface area contributed by atoms with E-state index >= 15 is 0 Å². The number of nitrogens with zero attached hydrogens (tertiary/aromatic N) is 1. The number of benzene rings is 2. The van der Waals surface area contributed by atoms with Gasteiger partial charge in [-0.2, -0.15) is 0 Å². The van der Waals surface area contributed by atoms with E-state index in [0.29, 0.717) is 17.1 Å². The van der Waals surface area contributed by atoms with Crippen molar-refractivity contribution >= 4 is 34.8 Å². The number of halogens is 1. The second kappa shape index (κ2) is 6.75. The Balaban J connectivity index is 1.55. The average Bonchev–Trinajstić information content (AvgIpc) is 3.37. The van der Waals surface area contributed by atoms with Crippen LogP contribution in [0.25, 0.3) is 0 Å². The maximum atomic E-state index is 13.4. The Kier molecular flexibility index (Phi) is 4.29. The van der Waals surface area contributed by atoms with E-state index in [0.717, 1.165) is 36.4 Å². The van der Waals surface area contributed by atoms with E-state index in [1.54, 1.807) is 37.4 Å². The smallest absolute Gasteiger partial charge is 0.250 e. The first-order valence-corrected chi connectivity index (χ1v) is 10.2. The van der Waals surface area contributed by atoms with Gasteiger partial charge < -0.3 is 15.4 Å². The van der Waals surface area contributed by atoms with Gasteiger partial charge >= 0.3 is 0 Å². The van der Waals surface area contributed by atoms with Crippen LogP contribution >= 0.6 is 11.6 Å². The molecule has 2 aromatic carbocycles. The SMILES string of the molecule is COc1ccc(NC(=O)[C@@H]2C[C@@H]3CCCN3[C@@]23C(=O)Nc2ccc(Cl)cc23)cc1. The van der Waals surface area contributed by atoms with Gasteiger partial charge in [0, 0.05) is 28.0 Å². The number of nitrogens with one attached hydrogen (secondary N) is 2. The molecule has 2 amide bonds. The minimum absolute atomic E-state index is 0.131. The molecule has 3 heterocycles. The molecule has 0 bridgehead atoms. The van der Waals surface area contributed by atoms with Crippen molar-refractivity contribution in [3.05, 3.63) is 53.1 Å². The molecule has 5 rings (SSSR count). The first-order chi connectivity index (χ1) is 14.0. The molecule has 2 N–H and O–H groups in total. The Labute approximate surface area is 174 Å². The number of hydrogen-bond donors (Lipinski definition) is 2. The van der Waals surface area contributed by atoms with Gasteiger partial charge in [0.15, 0.2) is 0 Å². The second-order valence-corrected chi connectivity index (χ2v) is 8.34. The minimum atomic E-state index is -1.00. The largest absolute Gasteiger partial charge is 0.497 e. The normalized spacial score (nSPS) is 27.6. The second-order valence-electron chi connectivity index (χ2n) is 7.91. The number of rotatable bonds is 3. The number of anilines is 2. The van der Waals surface area contributed by atoms with Gasteiger partial charge in [-0.3, -0.25) is 14.5 Å². The number of carbonyl (C=O) groups is 2. The minimum Gasteiger partial charge on any atom is -0.497 e. The maximum absolute atomic E-state index is 13.4. The van der Waals surface area contributed by atoms with Crippen molar-refractivity contribution < 1.29 is 14.3 Å². The van der Waals surface area contributed by atoms with Crippen LogP contribution in [-0.4, -0.2) is 36.4 Å². The molecule has 0 unspecified atom stereocenters. The molecule has 3 atom stereocenters. The van der Waals surface area contributed by atoms with Gasteiger partial charge in [0.1, 0.15) is 11.3 Å². The average molecular weight is 412 g/mol. The lowest BCUT2D eigenvalue weighted by Crippen LogP contribution is -2.53. The summed E-state index contributed by atoms with van der Waals surface area (Å²) in [4.78, 5) is 29.0. The molecule has 2 fully saturated rings. The van der Waals surface area contributed by atoms with Gasteiger partial charge in [-0.15, -0.1) is 0 Å². The summed E-state index contributed by atoms with van der Waals surface area (Å²) in [5.74, 6) is -0.0454. The van der Waals surface area contributed by atoms with Crippen LogP contribution in [0.5, 0.6) is 5.75 Å². The van der Waals surface area contributed by atoms with Crippen LogP contribution < -0.4 is 15.4 Å². The molecule has 3 aliphatic rings. The predicted octanol–water partition coefficient (Wildman–Crippen LogP) is 3.62. The maximum Gasteiger partial charge on any atom is 0.250 e. The molecule has 0 aliphatic carbocycles. The summed E-state index contributed by atoms with van der Waals surface area (Å²) in [5.41, 5.74) is 1.24. The molecular formula is C22H22ClN3O3. The van der Waals surface area contributed by atoms with Crippen LogP contribution in [0.3, 0.4) is 0 Å². The first kappa shape index (κ1) is 18.5. The van der Waals surface area contributed by atoms with Crippen molar-refractivity contribution in [2.24, 2.45) is 5.92 Å². The molecule has 7 heteroatoms. The number of hydrogen-bond acceptors (Lipinski definition) is 4. The summed E-state index contributed by atoms with van der Waals surface area (Å²) in [6.07, 6.45) is 2.68. The van der Waals surface area contributed by atoms with Gasteiger partial charge in [-0.05, 0) is 68.3 Å². The third-order valence-corrected chi connectivity index (χ3v) is 6.74.